The van der Waals surface area contributed by atoms with E-state index in [1.807, 2.05) is 6.07 Å². The first-order valence-corrected chi connectivity index (χ1v) is 9.58. The Kier molecular flexibility index (Phi) is 4.72. The molecule has 4 nitrogen and oxygen atoms in total. The van der Waals surface area contributed by atoms with Gasteiger partial charge in [-0.15, -0.1) is 11.3 Å². The van der Waals surface area contributed by atoms with Gasteiger partial charge in [0.15, 0.2) is 0 Å². The molecule has 0 bridgehead atoms. The van der Waals surface area contributed by atoms with Crippen LogP contribution in [0.4, 0.5) is 15.8 Å². The van der Waals surface area contributed by atoms with Crippen LogP contribution in [0.1, 0.15) is 39.4 Å². The van der Waals surface area contributed by atoms with E-state index in [1.54, 1.807) is 23.5 Å². The average molecular weight is 360 g/mol. The molecule has 1 fully saturated rings. The number of ether oxygens (including phenoxy) is 1. The van der Waals surface area contributed by atoms with Gasteiger partial charge in [-0.1, -0.05) is 0 Å². The zero-order valence-corrected chi connectivity index (χ0v) is 14.8. The molecule has 0 spiro atoms. The van der Waals surface area contributed by atoms with Crippen molar-refractivity contribution in [3.8, 4) is 0 Å². The molecule has 1 aromatic carbocycles. The smallest absolute Gasteiger partial charge is 0.265 e. The van der Waals surface area contributed by atoms with Crippen LogP contribution >= 0.6 is 11.3 Å². The van der Waals surface area contributed by atoms with Gasteiger partial charge in [0.1, 0.15) is 5.82 Å². The number of benzene rings is 1. The van der Waals surface area contributed by atoms with Gasteiger partial charge in [-0.2, -0.15) is 0 Å². The van der Waals surface area contributed by atoms with Gasteiger partial charge in [-0.25, -0.2) is 4.39 Å². The molecule has 2 aliphatic rings. The van der Waals surface area contributed by atoms with Crippen LogP contribution in [-0.2, 0) is 17.6 Å². The van der Waals surface area contributed by atoms with Crippen LogP contribution in [0.25, 0.3) is 0 Å². The zero-order valence-electron chi connectivity index (χ0n) is 13.9. The highest BCUT2D eigenvalue weighted by Gasteiger charge is 2.19. The maximum absolute atomic E-state index is 14.3. The molecule has 0 saturated carbocycles. The Hall–Kier alpha value is -1.92. The van der Waals surface area contributed by atoms with E-state index in [0.717, 1.165) is 32.3 Å². The molecule has 2 aromatic rings. The molecule has 1 aliphatic heterocycles. The maximum atomic E-state index is 14.3. The molecule has 0 radical (unpaired) electrons. The number of fused-ring (bicyclic) bond motifs is 1. The van der Waals surface area contributed by atoms with E-state index in [9.17, 15) is 9.18 Å². The second kappa shape index (κ2) is 7.14. The molecule has 132 valence electrons. The molecule has 1 unspecified atom stereocenters. The Balaban J connectivity index is 1.38. The monoisotopic (exact) mass is 360 g/mol. The number of hydrogen-bond acceptors (Lipinski definition) is 4. The Morgan fingerprint density at radius 3 is 2.96 bits per heavy atom. The van der Waals surface area contributed by atoms with Crippen LogP contribution in [0.3, 0.4) is 0 Å². The van der Waals surface area contributed by atoms with Crippen LogP contribution in [0.5, 0.6) is 0 Å². The lowest BCUT2D eigenvalue weighted by atomic mass is 10.2. The Morgan fingerprint density at radius 2 is 2.20 bits per heavy atom. The number of thiophene rings is 1. The van der Waals surface area contributed by atoms with Crippen LogP contribution in [-0.4, -0.2) is 25.2 Å². The predicted molar refractivity (Wildman–Crippen MR) is 98.2 cm³/mol. The van der Waals surface area contributed by atoms with Crippen LogP contribution in [0.15, 0.2) is 24.3 Å². The van der Waals surface area contributed by atoms with Gasteiger partial charge in [0.05, 0.1) is 16.7 Å². The first-order valence-electron chi connectivity index (χ1n) is 8.77. The first-order chi connectivity index (χ1) is 12.2. The summed E-state index contributed by atoms with van der Waals surface area (Å²) in [6.07, 6.45) is 5.51. The lowest BCUT2D eigenvalue weighted by Gasteiger charge is -2.13. The average Bonchev–Trinajstić information content (AvgIpc) is 3.31. The fourth-order valence-corrected chi connectivity index (χ4v) is 4.55. The number of amides is 1. The minimum absolute atomic E-state index is 0.152. The highest BCUT2D eigenvalue weighted by molar-refractivity contribution is 7.14. The molecule has 1 atom stereocenters. The van der Waals surface area contributed by atoms with Crippen LogP contribution < -0.4 is 10.6 Å². The third-order valence-corrected chi connectivity index (χ3v) is 5.98. The summed E-state index contributed by atoms with van der Waals surface area (Å²) >= 11 is 1.55. The highest BCUT2D eigenvalue weighted by Crippen LogP contribution is 2.31. The lowest BCUT2D eigenvalue weighted by Crippen LogP contribution is -2.19. The van der Waals surface area contributed by atoms with Crippen molar-refractivity contribution in [2.45, 2.75) is 38.2 Å². The van der Waals surface area contributed by atoms with Gasteiger partial charge >= 0.3 is 0 Å². The van der Waals surface area contributed by atoms with Gasteiger partial charge in [-0.3, -0.25) is 4.79 Å². The van der Waals surface area contributed by atoms with E-state index < -0.39 is 0 Å². The number of rotatable bonds is 5. The molecule has 4 rings (SSSR count). The zero-order chi connectivity index (χ0) is 17.2. The topological polar surface area (TPSA) is 50.4 Å². The van der Waals surface area contributed by atoms with Gasteiger partial charge in [0.25, 0.3) is 5.91 Å². The van der Waals surface area contributed by atoms with Crippen molar-refractivity contribution in [1.29, 1.82) is 0 Å². The summed E-state index contributed by atoms with van der Waals surface area (Å²) < 4.78 is 19.8. The van der Waals surface area contributed by atoms with Gasteiger partial charge in [0, 0.05) is 23.7 Å². The van der Waals surface area contributed by atoms with Crippen molar-refractivity contribution in [3.05, 3.63) is 45.4 Å². The number of aryl methyl sites for hydroxylation is 2. The number of nitrogens with one attached hydrogen (secondary N) is 2. The largest absolute Gasteiger partial charge is 0.380 e. The van der Waals surface area contributed by atoms with Crippen molar-refractivity contribution in [3.63, 3.8) is 0 Å². The minimum Gasteiger partial charge on any atom is -0.380 e. The highest BCUT2D eigenvalue weighted by atomic mass is 32.1. The third-order valence-electron chi connectivity index (χ3n) is 4.74. The van der Waals surface area contributed by atoms with Crippen LogP contribution in [0.2, 0.25) is 0 Å². The van der Waals surface area contributed by atoms with Gasteiger partial charge < -0.3 is 15.4 Å². The van der Waals surface area contributed by atoms with E-state index in [2.05, 4.69) is 10.6 Å². The first kappa shape index (κ1) is 16.5. The fraction of sp³-hybridized carbons (Fsp3) is 0.421. The predicted octanol–water partition coefficient (Wildman–Crippen LogP) is 4.22. The molecule has 1 aliphatic carbocycles. The summed E-state index contributed by atoms with van der Waals surface area (Å²) in [6.45, 7) is 1.38. The normalized spacial score (nSPS) is 19.0. The summed E-state index contributed by atoms with van der Waals surface area (Å²) in [5.74, 6) is -0.539. The van der Waals surface area contributed by atoms with E-state index in [4.69, 9.17) is 4.74 Å². The standard InChI is InChI=1S/C19H21FN2O2S/c20-15-10-13(6-7-16(15)21-11-14-4-2-8-24-14)22-19(23)18-9-12-3-1-5-17(12)25-18/h6-7,9-10,14,21H,1-5,8,11H2,(H,22,23). The lowest BCUT2D eigenvalue weighted by molar-refractivity contribution is 0.103. The molecule has 1 saturated heterocycles. The van der Waals surface area contributed by atoms with Gasteiger partial charge in [0.2, 0.25) is 0 Å². The Bertz CT molecular complexity index is 762. The fourth-order valence-electron chi connectivity index (χ4n) is 3.40. The minimum atomic E-state index is -0.371. The molecular formula is C19H21FN2O2S. The molecule has 2 heterocycles. The second-order valence-electron chi connectivity index (χ2n) is 6.58. The Labute approximate surface area is 150 Å². The molecule has 2 N–H and O–H groups in total. The molecule has 1 amide bonds. The summed E-state index contributed by atoms with van der Waals surface area (Å²) in [7, 11) is 0. The summed E-state index contributed by atoms with van der Waals surface area (Å²) in [5, 5.41) is 5.87. The van der Waals surface area contributed by atoms with Crippen molar-refractivity contribution in [1.82, 2.24) is 0 Å². The second-order valence-corrected chi connectivity index (χ2v) is 7.71. The summed E-state index contributed by atoms with van der Waals surface area (Å²) in [6, 6.07) is 6.71. The van der Waals surface area contributed by atoms with E-state index in [0.29, 0.717) is 22.8 Å². The van der Waals surface area contributed by atoms with Crippen molar-refractivity contribution in [2.75, 3.05) is 23.8 Å². The quantitative estimate of drug-likeness (QED) is 0.839. The molecular weight excluding hydrogens is 339 g/mol. The number of hydrogen-bond donors (Lipinski definition) is 2. The van der Waals surface area contributed by atoms with Gasteiger partial charge in [-0.05, 0) is 61.9 Å². The van der Waals surface area contributed by atoms with E-state index >= 15 is 0 Å². The summed E-state index contributed by atoms with van der Waals surface area (Å²) in [5.41, 5.74) is 2.19. The number of halogens is 1. The SMILES string of the molecule is O=C(Nc1ccc(NCC2CCCO2)c(F)c1)c1cc2c(s1)CCC2. The van der Waals surface area contributed by atoms with E-state index in [-0.39, 0.29) is 17.8 Å². The van der Waals surface area contributed by atoms with Crippen LogP contribution in [0, 0.1) is 5.82 Å². The number of carbonyl (C=O) groups is 1. The Morgan fingerprint density at radius 1 is 1.28 bits per heavy atom. The number of anilines is 2. The van der Waals surface area contributed by atoms with E-state index in [1.165, 1.54) is 22.9 Å². The third kappa shape index (κ3) is 3.70. The summed E-state index contributed by atoms with van der Waals surface area (Å²) in [4.78, 5) is 14.4. The molecule has 1 aromatic heterocycles. The molecule has 6 heteroatoms. The van der Waals surface area contributed by atoms with Crippen molar-refractivity contribution < 1.29 is 13.9 Å². The maximum Gasteiger partial charge on any atom is 0.265 e. The molecule has 25 heavy (non-hydrogen) atoms. The van der Waals surface area contributed by atoms with Crippen molar-refractivity contribution in [2.24, 2.45) is 0 Å². The number of carbonyl (C=O) groups excluding carboxylic acids is 1. The van der Waals surface area contributed by atoms with Crippen molar-refractivity contribution >= 4 is 28.6 Å².